The van der Waals surface area contributed by atoms with Crippen molar-refractivity contribution in [3.63, 3.8) is 0 Å². The van der Waals surface area contributed by atoms with Crippen LogP contribution in [0.5, 0.6) is 0 Å². The molecular weight excluding hydrogens is 222 g/mol. The second-order valence-electron chi connectivity index (χ2n) is 2.53. The van der Waals surface area contributed by atoms with Gasteiger partial charge in [-0.1, -0.05) is 11.3 Å². The van der Waals surface area contributed by atoms with E-state index in [9.17, 15) is 17.2 Å². The molecule has 0 aliphatic rings. The average Bonchev–Trinajstić information content (AvgIpc) is 2.28. The molecule has 0 saturated heterocycles. The number of halogens is 2. The maximum atomic E-state index is 12.6. The molecule has 0 unspecified atom stereocenters. The Hall–Kier alpha value is -0.630. The average molecular weight is 228 g/mol. The van der Waals surface area contributed by atoms with Crippen molar-refractivity contribution in [3.05, 3.63) is 5.01 Å². The third kappa shape index (κ3) is 2.41. The van der Waals surface area contributed by atoms with Crippen molar-refractivity contribution in [3.8, 4) is 0 Å². The molecule has 4 nitrogen and oxygen atoms in total. The van der Waals surface area contributed by atoms with Crippen molar-refractivity contribution in [2.75, 3.05) is 6.26 Å². The maximum absolute atomic E-state index is 12.6. The van der Waals surface area contributed by atoms with E-state index in [1.807, 2.05) is 0 Å². The third-order valence-electron chi connectivity index (χ3n) is 1.10. The van der Waals surface area contributed by atoms with Crippen LogP contribution in [0.2, 0.25) is 0 Å². The summed E-state index contributed by atoms with van der Waals surface area (Å²) in [4.78, 5) is 0. The Bertz CT molecular complexity index is 406. The molecule has 8 heteroatoms. The first-order valence-electron chi connectivity index (χ1n) is 3.13. The maximum Gasteiger partial charge on any atom is 0.298 e. The Morgan fingerprint density at radius 1 is 1.38 bits per heavy atom. The molecule has 1 aromatic heterocycles. The summed E-state index contributed by atoms with van der Waals surface area (Å²) in [5, 5.41) is 5.66. The highest BCUT2D eigenvalue weighted by atomic mass is 32.2. The van der Waals surface area contributed by atoms with E-state index in [2.05, 4.69) is 10.2 Å². The van der Waals surface area contributed by atoms with Crippen molar-refractivity contribution >= 4 is 21.2 Å². The van der Waals surface area contributed by atoms with Gasteiger partial charge < -0.3 is 0 Å². The zero-order valence-corrected chi connectivity index (χ0v) is 8.42. The Morgan fingerprint density at radius 2 is 1.92 bits per heavy atom. The highest BCUT2D eigenvalue weighted by Crippen LogP contribution is 2.30. The predicted molar refractivity (Wildman–Crippen MR) is 42.6 cm³/mol. The Morgan fingerprint density at radius 3 is 2.15 bits per heavy atom. The van der Waals surface area contributed by atoms with E-state index in [1.165, 1.54) is 0 Å². The monoisotopic (exact) mass is 228 g/mol. The van der Waals surface area contributed by atoms with Crippen LogP contribution < -0.4 is 0 Å². The predicted octanol–water partition coefficient (Wildman–Crippen LogP) is 1.05. The molecule has 0 radical (unpaired) electrons. The largest absolute Gasteiger partial charge is 0.298 e. The van der Waals surface area contributed by atoms with Crippen LogP contribution in [0.15, 0.2) is 4.34 Å². The van der Waals surface area contributed by atoms with Crippen LogP contribution in [0, 0.1) is 0 Å². The van der Waals surface area contributed by atoms with Gasteiger partial charge in [0, 0.05) is 13.2 Å². The number of hydrogen-bond acceptors (Lipinski definition) is 5. The molecule has 1 rings (SSSR count). The number of nitrogens with zero attached hydrogens (tertiary/aromatic N) is 2. The van der Waals surface area contributed by atoms with E-state index in [0.29, 0.717) is 18.3 Å². The second-order valence-corrected chi connectivity index (χ2v) is 5.70. The number of rotatable bonds is 2. The van der Waals surface area contributed by atoms with Gasteiger partial charge in [-0.2, -0.15) is 8.78 Å². The van der Waals surface area contributed by atoms with Gasteiger partial charge in [0.15, 0.2) is 5.01 Å². The fourth-order valence-corrected chi connectivity index (χ4v) is 2.08. The first-order valence-corrected chi connectivity index (χ1v) is 5.84. The standard InChI is InChI=1S/C5H6F2N2O2S2/c1-5(6,7)3-8-9-4(12-3)13(2,10)11/h1-2H3. The van der Waals surface area contributed by atoms with E-state index in [0.717, 1.165) is 6.26 Å². The molecule has 13 heavy (non-hydrogen) atoms. The van der Waals surface area contributed by atoms with Gasteiger partial charge in [0.25, 0.3) is 5.92 Å². The normalized spacial score (nSPS) is 13.2. The lowest BCUT2D eigenvalue weighted by Gasteiger charge is -2.02. The molecule has 1 heterocycles. The van der Waals surface area contributed by atoms with Crippen LogP contribution in [0.4, 0.5) is 8.78 Å². The summed E-state index contributed by atoms with van der Waals surface area (Å²) in [6.07, 6.45) is 0.894. The van der Waals surface area contributed by atoms with Gasteiger partial charge in [0.2, 0.25) is 14.2 Å². The van der Waals surface area contributed by atoms with Crippen molar-refractivity contribution < 1.29 is 17.2 Å². The van der Waals surface area contributed by atoms with Gasteiger partial charge in [0.05, 0.1) is 0 Å². The summed E-state index contributed by atoms with van der Waals surface area (Å²) in [5.41, 5.74) is 0. The van der Waals surface area contributed by atoms with E-state index in [1.54, 1.807) is 0 Å². The van der Waals surface area contributed by atoms with Gasteiger partial charge in [0.1, 0.15) is 0 Å². The smallest absolute Gasteiger partial charge is 0.221 e. The van der Waals surface area contributed by atoms with Gasteiger partial charge in [-0.3, -0.25) is 0 Å². The van der Waals surface area contributed by atoms with Crippen LogP contribution in [0.25, 0.3) is 0 Å². The summed E-state index contributed by atoms with van der Waals surface area (Å²) in [6, 6.07) is 0. The minimum atomic E-state index is -3.53. The van der Waals surface area contributed by atoms with Gasteiger partial charge >= 0.3 is 0 Å². The van der Waals surface area contributed by atoms with Crippen molar-refractivity contribution in [1.82, 2.24) is 10.2 Å². The Labute approximate surface area is 77.5 Å². The summed E-state index contributed by atoms with van der Waals surface area (Å²) in [6.45, 7) is 0.638. The topological polar surface area (TPSA) is 59.9 Å². The molecule has 0 atom stereocenters. The molecule has 0 N–H and O–H groups in total. The molecule has 0 bridgehead atoms. The number of sulfone groups is 1. The fraction of sp³-hybridized carbons (Fsp3) is 0.600. The molecule has 0 aliphatic heterocycles. The highest BCUT2D eigenvalue weighted by Gasteiger charge is 2.31. The molecule has 1 aromatic rings. The first kappa shape index (κ1) is 10.5. The van der Waals surface area contributed by atoms with Crippen LogP contribution in [-0.4, -0.2) is 24.9 Å². The van der Waals surface area contributed by atoms with E-state index >= 15 is 0 Å². The summed E-state index contributed by atoms with van der Waals surface area (Å²) < 4.78 is 46.4. The molecule has 0 amide bonds. The van der Waals surface area contributed by atoms with E-state index < -0.39 is 20.8 Å². The van der Waals surface area contributed by atoms with Crippen molar-refractivity contribution in [1.29, 1.82) is 0 Å². The lowest BCUT2D eigenvalue weighted by atomic mass is 10.4. The molecule has 0 fully saturated rings. The number of aromatic nitrogens is 2. The van der Waals surface area contributed by atoms with Gasteiger partial charge in [-0.25, -0.2) is 8.42 Å². The van der Waals surface area contributed by atoms with Crippen LogP contribution in [0.3, 0.4) is 0 Å². The lowest BCUT2D eigenvalue weighted by Crippen LogP contribution is -2.05. The lowest BCUT2D eigenvalue weighted by molar-refractivity contribution is 0.0165. The molecule has 0 spiro atoms. The van der Waals surface area contributed by atoms with E-state index in [4.69, 9.17) is 0 Å². The zero-order chi connectivity index (χ0) is 10.3. The third-order valence-corrected chi connectivity index (χ3v) is 3.86. The highest BCUT2D eigenvalue weighted by molar-refractivity contribution is 7.92. The van der Waals surface area contributed by atoms with E-state index in [-0.39, 0.29) is 4.34 Å². The second kappa shape index (κ2) is 2.95. The van der Waals surface area contributed by atoms with Crippen LogP contribution in [-0.2, 0) is 15.8 Å². The number of alkyl halides is 2. The molecule has 74 valence electrons. The summed E-state index contributed by atoms with van der Waals surface area (Å²) >= 11 is 0.387. The Balaban J connectivity index is 3.16. The minimum absolute atomic E-state index is 0.385. The zero-order valence-electron chi connectivity index (χ0n) is 6.78. The van der Waals surface area contributed by atoms with Gasteiger partial charge in [-0.15, -0.1) is 10.2 Å². The quantitative estimate of drug-likeness (QED) is 0.759. The minimum Gasteiger partial charge on any atom is -0.221 e. The SMILES string of the molecule is CC(F)(F)c1nnc(S(C)(=O)=O)s1. The van der Waals surface area contributed by atoms with Crippen LogP contribution >= 0.6 is 11.3 Å². The first-order chi connectivity index (χ1) is 5.71. The number of hydrogen-bond donors (Lipinski definition) is 0. The van der Waals surface area contributed by atoms with Gasteiger partial charge in [-0.05, 0) is 0 Å². The van der Waals surface area contributed by atoms with Crippen molar-refractivity contribution in [2.24, 2.45) is 0 Å². The Kier molecular flexibility index (Phi) is 2.37. The van der Waals surface area contributed by atoms with Crippen molar-refractivity contribution in [2.45, 2.75) is 17.2 Å². The molecular formula is C5H6F2N2O2S2. The molecule has 0 aromatic carbocycles. The fourth-order valence-electron chi connectivity index (χ4n) is 0.537. The summed E-state index contributed by atoms with van der Waals surface area (Å²) in [5.74, 6) is -3.14. The molecule has 0 aliphatic carbocycles. The molecule has 0 saturated carbocycles. The van der Waals surface area contributed by atoms with Crippen LogP contribution in [0.1, 0.15) is 11.9 Å². The summed E-state index contributed by atoms with van der Waals surface area (Å²) in [7, 11) is -3.53.